The second kappa shape index (κ2) is 14.4. The molecule has 0 aliphatic heterocycles. The van der Waals surface area contributed by atoms with Gasteiger partial charge in [0.15, 0.2) is 5.78 Å². The SMILES string of the molecule is O=C(O)NC(CCc1ccccc1)C(=O)NC(CCc1ccccc1)C(=O)COCc1ccccc1. The van der Waals surface area contributed by atoms with Crippen molar-refractivity contribution in [2.75, 3.05) is 6.61 Å². The molecule has 36 heavy (non-hydrogen) atoms. The summed E-state index contributed by atoms with van der Waals surface area (Å²) in [6.45, 7) is 0.127. The van der Waals surface area contributed by atoms with Crippen LogP contribution in [0.3, 0.4) is 0 Å². The molecule has 0 aromatic heterocycles. The van der Waals surface area contributed by atoms with Crippen molar-refractivity contribution < 1.29 is 24.2 Å². The Morgan fingerprint density at radius 3 is 1.64 bits per heavy atom. The van der Waals surface area contributed by atoms with Crippen LogP contribution in [-0.4, -0.2) is 41.6 Å². The minimum absolute atomic E-state index is 0.157. The van der Waals surface area contributed by atoms with E-state index < -0.39 is 24.1 Å². The summed E-state index contributed by atoms with van der Waals surface area (Å²) < 4.78 is 5.62. The fourth-order valence-corrected chi connectivity index (χ4v) is 3.86. The minimum Gasteiger partial charge on any atom is -0.465 e. The minimum atomic E-state index is -1.29. The Kier molecular flexibility index (Phi) is 10.7. The molecule has 7 nitrogen and oxygen atoms in total. The van der Waals surface area contributed by atoms with Crippen LogP contribution in [0.2, 0.25) is 0 Å². The van der Waals surface area contributed by atoms with Crippen molar-refractivity contribution in [3.63, 3.8) is 0 Å². The molecule has 0 aliphatic rings. The molecule has 7 heteroatoms. The summed E-state index contributed by atoms with van der Waals surface area (Å²) >= 11 is 0. The number of carbonyl (C=O) groups is 3. The molecule has 188 valence electrons. The number of rotatable bonds is 14. The van der Waals surface area contributed by atoms with E-state index in [0.717, 1.165) is 16.7 Å². The van der Waals surface area contributed by atoms with Gasteiger partial charge in [-0.2, -0.15) is 0 Å². The van der Waals surface area contributed by atoms with Crippen LogP contribution < -0.4 is 10.6 Å². The van der Waals surface area contributed by atoms with Crippen molar-refractivity contribution in [2.24, 2.45) is 0 Å². The van der Waals surface area contributed by atoms with E-state index in [-0.39, 0.29) is 25.4 Å². The van der Waals surface area contributed by atoms with Crippen molar-refractivity contribution in [3.8, 4) is 0 Å². The van der Waals surface area contributed by atoms with E-state index in [1.165, 1.54) is 0 Å². The molecule has 0 saturated heterocycles. The number of carboxylic acid groups (broad SMARTS) is 1. The van der Waals surface area contributed by atoms with Crippen LogP contribution in [0.4, 0.5) is 4.79 Å². The predicted octanol–water partition coefficient (Wildman–Crippen LogP) is 4.16. The third-order valence-electron chi connectivity index (χ3n) is 5.80. The molecule has 2 amide bonds. The quantitative estimate of drug-likeness (QED) is 0.316. The van der Waals surface area contributed by atoms with E-state index in [0.29, 0.717) is 19.3 Å². The van der Waals surface area contributed by atoms with Crippen molar-refractivity contribution in [3.05, 3.63) is 108 Å². The molecule has 0 bridgehead atoms. The Hall–Kier alpha value is -3.97. The van der Waals surface area contributed by atoms with Gasteiger partial charge in [-0.25, -0.2) is 4.79 Å². The van der Waals surface area contributed by atoms with Gasteiger partial charge in [0.05, 0.1) is 12.6 Å². The highest BCUT2D eigenvalue weighted by Crippen LogP contribution is 2.10. The summed E-state index contributed by atoms with van der Waals surface area (Å²) in [5, 5.41) is 14.3. The number of carbonyl (C=O) groups excluding carboxylic acids is 2. The zero-order valence-electron chi connectivity index (χ0n) is 20.1. The van der Waals surface area contributed by atoms with E-state index in [4.69, 9.17) is 4.74 Å². The van der Waals surface area contributed by atoms with Crippen LogP contribution in [0.25, 0.3) is 0 Å². The molecule has 0 heterocycles. The van der Waals surface area contributed by atoms with E-state index in [9.17, 15) is 19.5 Å². The van der Waals surface area contributed by atoms with Crippen molar-refractivity contribution in [1.29, 1.82) is 0 Å². The van der Waals surface area contributed by atoms with Crippen LogP contribution in [-0.2, 0) is 33.8 Å². The van der Waals surface area contributed by atoms with Gasteiger partial charge in [0.25, 0.3) is 0 Å². The number of ether oxygens (including phenoxy) is 1. The second-order valence-electron chi connectivity index (χ2n) is 8.56. The second-order valence-corrected chi connectivity index (χ2v) is 8.56. The van der Waals surface area contributed by atoms with Gasteiger partial charge in [0, 0.05) is 0 Å². The van der Waals surface area contributed by atoms with Gasteiger partial charge < -0.3 is 20.5 Å². The lowest BCUT2D eigenvalue weighted by atomic mass is 10.0. The zero-order chi connectivity index (χ0) is 25.6. The van der Waals surface area contributed by atoms with Crippen molar-refractivity contribution in [2.45, 2.75) is 44.4 Å². The number of ketones is 1. The van der Waals surface area contributed by atoms with Crippen LogP contribution in [0.5, 0.6) is 0 Å². The standard InChI is InChI=1S/C29H32N2O5/c32-27(21-36-20-24-14-8-3-9-15-24)25(18-16-22-10-4-1-5-11-22)30-28(33)26(31-29(34)35)19-17-23-12-6-2-7-13-23/h1-15,25-26,31H,16-21H2,(H,30,33)(H,34,35). The van der Waals surface area contributed by atoms with E-state index in [1.54, 1.807) is 0 Å². The molecule has 0 aliphatic carbocycles. The Morgan fingerprint density at radius 1 is 0.667 bits per heavy atom. The molecule has 3 aromatic carbocycles. The fourth-order valence-electron chi connectivity index (χ4n) is 3.86. The molecule has 2 atom stereocenters. The van der Waals surface area contributed by atoms with Crippen LogP contribution >= 0.6 is 0 Å². The lowest BCUT2D eigenvalue weighted by Gasteiger charge is -2.22. The number of Topliss-reactive ketones (excluding diaryl/α,β-unsaturated/α-hetero) is 1. The maximum atomic E-state index is 13.1. The van der Waals surface area contributed by atoms with Crippen LogP contribution in [0.1, 0.15) is 29.5 Å². The highest BCUT2D eigenvalue weighted by atomic mass is 16.5. The van der Waals surface area contributed by atoms with Gasteiger partial charge in [-0.15, -0.1) is 0 Å². The number of nitrogens with one attached hydrogen (secondary N) is 2. The van der Waals surface area contributed by atoms with Gasteiger partial charge >= 0.3 is 6.09 Å². The normalized spacial score (nSPS) is 12.3. The van der Waals surface area contributed by atoms with Gasteiger partial charge in [-0.05, 0) is 42.4 Å². The molecule has 3 N–H and O–H groups in total. The maximum absolute atomic E-state index is 13.1. The molecular weight excluding hydrogens is 456 g/mol. The predicted molar refractivity (Wildman–Crippen MR) is 138 cm³/mol. The van der Waals surface area contributed by atoms with Gasteiger partial charge in [0.1, 0.15) is 12.6 Å². The largest absolute Gasteiger partial charge is 0.465 e. The first kappa shape index (κ1) is 26.6. The van der Waals surface area contributed by atoms with Crippen LogP contribution in [0.15, 0.2) is 91.0 Å². The Labute approximate surface area is 211 Å². The molecular formula is C29H32N2O5. The summed E-state index contributed by atoms with van der Waals surface area (Å²) in [5.74, 6) is -0.782. The monoisotopic (exact) mass is 488 g/mol. The average Bonchev–Trinajstić information content (AvgIpc) is 2.90. The highest BCUT2D eigenvalue weighted by molar-refractivity contribution is 5.92. The molecule has 3 aromatic rings. The van der Waals surface area contributed by atoms with E-state index in [2.05, 4.69) is 10.6 Å². The third kappa shape index (κ3) is 9.35. The zero-order valence-corrected chi connectivity index (χ0v) is 20.1. The maximum Gasteiger partial charge on any atom is 0.405 e. The van der Waals surface area contributed by atoms with E-state index in [1.807, 2.05) is 91.0 Å². The first-order valence-electron chi connectivity index (χ1n) is 12.0. The van der Waals surface area contributed by atoms with Gasteiger partial charge in [-0.3, -0.25) is 9.59 Å². The first-order valence-corrected chi connectivity index (χ1v) is 12.0. The third-order valence-corrected chi connectivity index (χ3v) is 5.80. The lowest BCUT2D eigenvalue weighted by molar-refractivity contribution is -0.131. The summed E-state index contributed by atoms with van der Waals surface area (Å²) in [6.07, 6.45) is 0.453. The Balaban J connectivity index is 1.64. The van der Waals surface area contributed by atoms with Gasteiger partial charge in [0.2, 0.25) is 5.91 Å². The van der Waals surface area contributed by atoms with Crippen molar-refractivity contribution in [1.82, 2.24) is 10.6 Å². The topological polar surface area (TPSA) is 105 Å². The lowest BCUT2D eigenvalue weighted by Crippen LogP contribution is -2.52. The summed E-state index contributed by atoms with van der Waals surface area (Å²) in [5.41, 5.74) is 2.98. The summed E-state index contributed by atoms with van der Waals surface area (Å²) in [4.78, 5) is 37.5. The Morgan fingerprint density at radius 2 is 1.14 bits per heavy atom. The molecule has 0 fully saturated rings. The summed E-state index contributed by atoms with van der Waals surface area (Å²) in [7, 11) is 0. The number of hydrogen-bond donors (Lipinski definition) is 3. The fraction of sp³-hybridized carbons (Fsp3) is 0.276. The molecule has 2 unspecified atom stereocenters. The Bertz CT molecular complexity index is 1090. The highest BCUT2D eigenvalue weighted by Gasteiger charge is 2.26. The van der Waals surface area contributed by atoms with Gasteiger partial charge in [-0.1, -0.05) is 91.0 Å². The number of hydrogen-bond acceptors (Lipinski definition) is 4. The molecule has 3 rings (SSSR count). The van der Waals surface area contributed by atoms with E-state index >= 15 is 0 Å². The number of amides is 2. The smallest absolute Gasteiger partial charge is 0.405 e. The molecule has 0 spiro atoms. The van der Waals surface area contributed by atoms with Crippen molar-refractivity contribution >= 4 is 17.8 Å². The molecule has 0 saturated carbocycles. The first-order chi connectivity index (χ1) is 17.5. The molecule has 0 radical (unpaired) electrons. The average molecular weight is 489 g/mol. The van der Waals surface area contributed by atoms with Crippen LogP contribution in [0, 0.1) is 0 Å². The number of aryl methyl sites for hydroxylation is 2. The summed E-state index contributed by atoms with van der Waals surface area (Å²) in [6, 6.07) is 26.9. The number of benzene rings is 3.